The number of hydrogen-bond acceptors (Lipinski definition) is 11. The normalized spacial score (nSPS) is 28.5. The molecular formula is C23H32O12. The number of ether oxygens (including phenoxy) is 3. The van der Waals surface area contributed by atoms with Crippen molar-refractivity contribution in [2.45, 2.75) is 100 Å². The Labute approximate surface area is 201 Å². The molecule has 0 spiro atoms. The first kappa shape index (κ1) is 28.4. The van der Waals surface area contributed by atoms with E-state index in [-0.39, 0.29) is 82.4 Å². The van der Waals surface area contributed by atoms with E-state index in [4.69, 9.17) is 14.6 Å². The third-order valence-corrected chi connectivity index (χ3v) is 6.06. The number of esters is 2. The highest BCUT2D eigenvalue weighted by atomic mass is 16.6. The van der Waals surface area contributed by atoms with E-state index in [1.54, 1.807) is 0 Å². The predicted octanol–water partition coefficient (Wildman–Crippen LogP) is 0.376. The topological polar surface area (TPSA) is 191 Å². The molecule has 196 valence electrons. The minimum atomic E-state index is -1.69. The van der Waals surface area contributed by atoms with Crippen LogP contribution in [0, 0.1) is 0 Å². The number of carbonyl (C=O) groups is 6. The molecule has 12 heteroatoms. The van der Waals surface area contributed by atoms with Crippen LogP contribution in [0.15, 0.2) is 0 Å². The summed E-state index contributed by atoms with van der Waals surface area (Å²) in [6.07, 6.45) is -1.62. The summed E-state index contributed by atoms with van der Waals surface area (Å²) in [7, 11) is 0. The highest BCUT2D eigenvalue weighted by Gasteiger charge is 2.42. The number of hydrogen-bond donors (Lipinski definition) is 3. The largest absolute Gasteiger partial charge is 0.481 e. The van der Waals surface area contributed by atoms with Crippen LogP contribution in [-0.4, -0.2) is 81.3 Å². The first-order valence-corrected chi connectivity index (χ1v) is 11.6. The molecule has 2 aliphatic heterocycles. The Morgan fingerprint density at radius 2 is 1.37 bits per heavy atom. The highest BCUT2D eigenvalue weighted by Crippen LogP contribution is 2.31. The summed E-state index contributed by atoms with van der Waals surface area (Å²) in [6, 6.07) is 0. The molecule has 4 atom stereocenters. The number of carboxylic acid groups (broad SMARTS) is 1. The van der Waals surface area contributed by atoms with Crippen molar-refractivity contribution >= 4 is 35.9 Å². The predicted molar refractivity (Wildman–Crippen MR) is 115 cm³/mol. The van der Waals surface area contributed by atoms with E-state index in [1.165, 1.54) is 0 Å². The Hall–Kier alpha value is -2.86. The molecule has 0 aromatic heterocycles. The molecule has 3 N–H and O–H groups in total. The van der Waals surface area contributed by atoms with E-state index < -0.39 is 54.2 Å². The molecule has 0 amide bonds. The van der Waals surface area contributed by atoms with Crippen molar-refractivity contribution in [1.29, 1.82) is 0 Å². The third-order valence-electron chi connectivity index (χ3n) is 6.06. The van der Waals surface area contributed by atoms with Gasteiger partial charge in [0.1, 0.15) is 36.0 Å². The van der Waals surface area contributed by atoms with Crippen LogP contribution in [0.1, 0.15) is 77.0 Å². The molecule has 35 heavy (non-hydrogen) atoms. The van der Waals surface area contributed by atoms with Gasteiger partial charge in [-0.1, -0.05) is 0 Å². The van der Waals surface area contributed by atoms with Gasteiger partial charge in [-0.3, -0.25) is 28.8 Å². The second-order valence-corrected chi connectivity index (χ2v) is 9.42. The Morgan fingerprint density at radius 3 is 1.86 bits per heavy atom. The summed E-state index contributed by atoms with van der Waals surface area (Å²) in [5, 5.41) is 29.6. The SMILES string of the molecule is O=COCC1(O)CC(=O)OC(CCC(=O)CCCC(=O)CCC2CC(O)(CC(=O)O)CC(=O)O2)C1. The van der Waals surface area contributed by atoms with Gasteiger partial charge in [-0.05, 0) is 19.3 Å². The summed E-state index contributed by atoms with van der Waals surface area (Å²) in [5.74, 6) is -2.86. The zero-order valence-corrected chi connectivity index (χ0v) is 19.4. The van der Waals surface area contributed by atoms with Gasteiger partial charge in [-0.2, -0.15) is 0 Å². The fourth-order valence-electron chi connectivity index (χ4n) is 4.48. The molecule has 0 saturated carbocycles. The lowest BCUT2D eigenvalue weighted by Gasteiger charge is -2.35. The number of rotatable bonds is 15. The first-order chi connectivity index (χ1) is 16.4. The van der Waals surface area contributed by atoms with Crippen LogP contribution >= 0.6 is 0 Å². The van der Waals surface area contributed by atoms with Crippen LogP contribution in [0.5, 0.6) is 0 Å². The molecule has 0 radical (unpaired) electrons. The van der Waals surface area contributed by atoms with Gasteiger partial charge in [-0.25, -0.2) is 0 Å². The molecule has 2 aliphatic rings. The first-order valence-electron chi connectivity index (χ1n) is 11.6. The van der Waals surface area contributed by atoms with E-state index in [0.29, 0.717) is 6.42 Å². The maximum absolute atomic E-state index is 12.2. The van der Waals surface area contributed by atoms with Gasteiger partial charge in [0.2, 0.25) is 0 Å². The van der Waals surface area contributed by atoms with Crippen molar-refractivity contribution < 1.29 is 58.3 Å². The number of ketones is 2. The minimum Gasteiger partial charge on any atom is -0.481 e. The highest BCUT2D eigenvalue weighted by molar-refractivity contribution is 5.81. The van der Waals surface area contributed by atoms with Gasteiger partial charge < -0.3 is 29.5 Å². The molecule has 2 saturated heterocycles. The van der Waals surface area contributed by atoms with Crippen LogP contribution in [0.25, 0.3) is 0 Å². The maximum Gasteiger partial charge on any atom is 0.309 e. The molecular weight excluding hydrogens is 468 g/mol. The standard InChI is InChI=1S/C23H32O12/c24-14-33-13-23(32)9-18(35-21(30)12-23)7-5-16(26)3-1-2-15(25)4-6-17-8-22(31,10-19(27)28)11-20(29)34-17/h14,17-18,31-32H,1-13H2,(H,27,28). The fourth-order valence-corrected chi connectivity index (χ4v) is 4.48. The van der Waals surface area contributed by atoms with Crippen molar-refractivity contribution in [3.8, 4) is 0 Å². The van der Waals surface area contributed by atoms with Gasteiger partial charge in [0.05, 0.1) is 24.9 Å². The summed E-state index contributed by atoms with van der Waals surface area (Å²) in [5.41, 5.74) is -3.21. The molecule has 4 unspecified atom stereocenters. The average molecular weight is 500 g/mol. The summed E-state index contributed by atoms with van der Waals surface area (Å²) >= 11 is 0. The summed E-state index contributed by atoms with van der Waals surface area (Å²) in [4.78, 5) is 68.9. The smallest absolute Gasteiger partial charge is 0.309 e. The second-order valence-electron chi connectivity index (χ2n) is 9.42. The Bertz CT molecular complexity index is 819. The fraction of sp³-hybridized carbons (Fsp3) is 0.739. The zero-order chi connectivity index (χ0) is 26.1. The van der Waals surface area contributed by atoms with Crippen molar-refractivity contribution in [3.63, 3.8) is 0 Å². The lowest BCUT2D eigenvalue weighted by molar-refractivity contribution is -0.178. The molecule has 12 nitrogen and oxygen atoms in total. The van der Waals surface area contributed by atoms with E-state index in [0.717, 1.165) is 0 Å². The number of cyclic esters (lactones) is 2. The Balaban J connectivity index is 1.66. The lowest BCUT2D eigenvalue weighted by Crippen LogP contribution is -2.46. The van der Waals surface area contributed by atoms with Crippen LogP contribution in [0.4, 0.5) is 0 Å². The third kappa shape index (κ3) is 10.1. The molecule has 2 rings (SSSR count). The quantitative estimate of drug-likeness (QED) is 0.159. The van der Waals surface area contributed by atoms with E-state index in [9.17, 15) is 39.0 Å². The summed E-state index contributed by atoms with van der Waals surface area (Å²) < 4.78 is 14.8. The van der Waals surface area contributed by atoms with Gasteiger partial charge in [0.25, 0.3) is 6.47 Å². The molecule has 0 aromatic rings. The van der Waals surface area contributed by atoms with Crippen molar-refractivity contribution in [2.24, 2.45) is 0 Å². The Kier molecular flexibility index (Phi) is 10.3. The average Bonchev–Trinajstić information content (AvgIpc) is 2.73. The number of carboxylic acids is 1. The molecule has 0 aliphatic carbocycles. The monoisotopic (exact) mass is 500 g/mol. The van der Waals surface area contributed by atoms with E-state index in [1.807, 2.05) is 0 Å². The van der Waals surface area contributed by atoms with Crippen molar-refractivity contribution in [2.75, 3.05) is 6.61 Å². The molecule has 2 fully saturated rings. The molecule has 2 heterocycles. The second kappa shape index (κ2) is 12.7. The van der Waals surface area contributed by atoms with Crippen LogP contribution in [0.3, 0.4) is 0 Å². The Morgan fingerprint density at radius 1 is 0.886 bits per heavy atom. The maximum atomic E-state index is 12.2. The van der Waals surface area contributed by atoms with Crippen LogP contribution in [-0.2, 0) is 43.0 Å². The van der Waals surface area contributed by atoms with E-state index >= 15 is 0 Å². The number of aliphatic hydroxyl groups is 2. The molecule has 0 bridgehead atoms. The van der Waals surface area contributed by atoms with Gasteiger partial charge in [0.15, 0.2) is 0 Å². The lowest BCUT2D eigenvalue weighted by atomic mass is 9.85. The number of Topliss-reactive ketones (excluding diaryl/α,β-unsaturated/α-hetero) is 2. The van der Waals surface area contributed by atoms with Crippen LogP contribution < -0.4 is 0 Å². The van der Waals surface area contributed by atoms with Gasteiger partial charge in [0, 0.05) is 38.5 Å². The number of carbonyl (C=O) groups excluding carboxylic acids is 5. The van der Waals surface area contributed by atoms with Crippen LogP contribution in [0.2, 0.25) is 0 Å². The van der Waals surface area contributed by atoms with Crippen molar-refractivity contribution in [3.05, 3.63) is 0 Å². The number of aliphatic carboxylic acids is 1. The van der Waals surface area contributed by atoms with Gasteiger partial charge >= 0.3 is 17.9 Å². The molecule has 0 aromatic carbocycles. The zero-order valence-electron chi connectivity index (χ0n) is 19.4. The van der Waals surface area contributed by atoms with Crippen molar-refractivity contribution in [1.82, 2.24) is 0 Å². The summed E-state index contributed by atoms with van der Waals surface area (Å²) in [6.45, 7) is -0.157. The minimum absolute atomic E-state index is 0.0473. The van der Waals surface area contributed by atoms with Gasteiger partial charge in [-0.15, -0.1) is 0 Å². The van der Waals surface area contributed by atoms with E-state index in [2.05, 4.69) is 4.74 Å².